The van der Waals surface area contributed by atoms with Crippen molar-refractivity contribution in [1.29, 1.82) is 0 Å². The highest BCUT2D eigenvalue weighted by atomic mass is 32.2. The lowest BCUT2D eigenvalue weighted by Gasteiger charge is -2.25. The highest BCUT2D eigenvalue weighted by molar-refractivity contribution is 7.91. The number of sulfone groups is 1. The zero-order valence-corrected chi connectivity index (χ0v) is 12.8. The maximum absolute atomic E-state index is 12.6. The number of benzene rings is 2. The Hall–Kier alpha value is -1.81. The number of aryl methyl sites for hydroxylation is 1. The third-order valence-corrected chi connectivity index (χ3v) is 5.72. The fourth-order valence-corrected chi connectivity index (χ4v) is 4.31. The average Bonchev–Trinajstić information content (AvgIpc) is 2.48. The number of hydrogen-bond acceptors (Lipinski definition) is 3. The fourth-order valence-electron chi connectivity index (χ4n) is 2.70. The van der Waals surface area contributed by atoms with Gasteiger partial charge in [0.1, 0.15) is 5.75 Å². The predicted molar refractivity (Wildman–Crippen MR) is 82.5 cm³/mol. The first-order valence-electron chi connectivity index (χ1n) is 7.07. The van der Waals surface area contributed by atoms with Gasteiger partial charge in [0.15, 0.2) is 9.84 Å². The number of para-hydroxylation sites is 1. The van der Waals surface area contributed by atoms with Crippen molar-refractivity contribution in [2.75, 3.05) is 12.4 Å². The van der Waals surface area contributed by atoms with Gasteiger partial charge in [-0.1, -0.05) is 35.9 Å². The van der Waals surface area contributed by atoms with Crippen LogP contribution < -0.4 is 4.74 Å². The Morgan fingerprint density at radius 2 is 1.81 bits per heavy atom. The van der Waals surface area contributed by atoms with E-state index in [0.29, 0.717) is 11.5 Å². The molecule has 2 aromatic carbocycles. The maximum Gasteiger partial charge on any atom is 0.178 e. The molecule has 0 bridgehead atoms. The van der Waals surface area contributed by atoms with Crippen LogP contribution in [0.25, 0.3) is 0 Å². The number of hydrogen-bond donors (Lipinski definition) is 0. The summed E-state index contributed by atoms with van der Waals surface area (Å²) in [6.45, 7) is 2.52. The Labute approximate surface area is 125 Å². The lowest BCUT2D eigenvalue weighted by atomic mass is 9.95. The topological polar surface area (TPSA) is 43.4 Å². The molecule has 110 valence electrons. The molecule has 0 aliphatic carbocycles. The minimum Gasteiger partial charge on any atom is -0.493 e. The lowest BCUT2D eigenvalue weighted by Crippen LogP contribution is -2.21. The van der Waals surface area contributed by atoms with Gasteiger partial charge in [0.25, 0.3) is 0 Å². The molecule has 3 rings (SSSR count). The van der Waals surface area contributed by atoms with E-state index >= 15 is 0 Å². The second-order valence-corrected chi connectivity index (χ2v) is 7.50. The summed E-state index contributed by atoms with van der Waals surface area (Å²) in [5.41, 5.74) is 2.06. The molecule has 21 heavy (non-hydrogen) atoms. The molecule has 1 heterocycles. The van der Waals surface area contributed by atoms with Crippen molar-refractivity contribution in [2.45, 2.75) is 24.2 Å². The van der Waals surface area contributed by atoms with Gasteiger partial charge in [-0.3, -0.25) is 0 Å². The molecule has 0 unspecified atom stereocenters. The number of ether oxygens (including phenoxy) is 1. The molecular weight excluding hydrogens is 284 g/mol. The average molecular weight is 302 g/mol. The zero-order valence-electron chi connectivity index (χ0n) is 12.0. The number of rotatable bonds is 3. The van der Waals surface area contributed by atoms with Crippen molar-refractivity contribution in [2.24, 2.45) is 0 Å². The van der Waals surface area contributed by atoms with Crippen LogP contribution in [0.2, 0.25) is 0 Å². The smallest absolute Gasteiger partial charge is 0.178 e. The van der Waals surface area contributed by atoms with Crippen molar-refractivity contribution in [3.63, 3.8) is 0 Å². The van der Waals surface area contributed by atoms with Gasteiger partial charge in [0.2, 0.25) is 0 Å². The first kappa shape index (κ1) is 14.1. The molecule has 0 radical (unpaired) electrons. The first-order valence-corrected chi connectivity index (χ1v) is 8.73. The third kappa shape index (κ3) is 2.95. The molecule has 1 aliphatic heterocycles. The second kappa shape index (κ2) is 5.53. The molecule has 0 amide bonds. The van der Waals surface area contributed by atoms with Crippen LogP contribution in [-0.2, 0) is 9.84 Å². The Bertz CT molecular complexity index is 733. The van der Waals surface area contributed by atoms with Crippen LogP contribution in [0.15, 0.2) is 53.4 Å². The largest absolute Gasteiger partial charge is 0.493 e. The standard InChI is InChI=1S/C17H18O3S/c1-13-6-8-15(9-7-13)21(18,19)12-14-10-11-20-17-5-3-2-4-16(14)17/h2-9,14H,10-12H2,1H3/t14-/m0/s1. The third-order valence-electron chi connectivity index (χ3n) is 3.88. The predicted octanol–water partition coefficient (Wildman–Crippen LogP) is 3.34. The van der Waals surface area contributed by atoms with Gasteiger partial charge >= 0.3 is 0 Å². The van der Waals surface area contributed by atoms with E-state index in [2.05, 4.69) is 0 Å². The summed E-state index contributed by atoms with van der Waals surface area (Å²) in [6, 6.07) is 14.8. The summed E-state index contributed by atoms with van der Waals surface area (Å²) in [5, 5.41) is 0. The molecule has 3 nitrogen and oxygen atoms in total. The monoisotopic (exact) mass is 302 g/mol. The molecule has 0 aromatic heterocycles. The van der Waals surface area contributed by atoms with E-state index in [9.17, 15) is 8.42 Å². The molecule has 1 atom stereocenters. The minimum atomic E-state index is -3.27. The van der Waals surface area contributed by atoms with E-state index in [-0.39, 0.29) is 11.7 Å². The summed E-state index contributed by atoms with van der Waals surface area (Å²) in [6.07, 6.45) is 0.738. The molecule has 0 N–H and O–H groups in total. The Kier molecular flexibility index (Phi) is 3.72. The van der Waals surface area contributed by atoms with Gasteiger partial charge in [0.05, 0.1) is 17.3 Å². The van der Waals surface area contributed by atoms with Crippen LogP contribution in [0, 0.1) is 6.92 Å². The van der Waals surface area contributed by atoms with Gasteiger partial charge in [-0.25, -0.2) is 8.42 Å². The van der Waals surface area contributed by atoms with Crippen LogP contribution in [0.3, 0.4) is 0 Å². The molecular formula is C17H18O3S. The van der Waals surface area contributed by atoms with E-state index < -0.39 is 9.84 Å². The fraction of sp³-hybridized carbons (Fsp3) is 0.294. The second-order valence-electron chi connectivity index (χ2n) is 5.47. The maximum atomic E-state index is 12.6. The Morgan fingerprint density at radius 1 is 1.10 bits per heavy atom. The Balaban J connectivity index is 1.88. The molecule has 1 aliphatic rings. The first-order chi connectivity index (χ1) is 10.1. The highest BCUT2D eigenvalue weighted by Crippen LogP contribution is 2.35. The molecule has 2 aromatic rings. The summed E-state index contributed by atoms with van der Waals surface area (Å²) in [5.74, 6) is 0.949. The summed E-state index contributed by atoms with van der Waals surface area (Å²) >= 11 is 0. The molecule has 0 saturated heterocycles. The number of fused-ring (bicyclic) bond motifs is 1. The van der Waals surface area contributed by atoms with Crippen LogP contribution in [-0.4, -0.2) is 20.8 Å². The summed E-state index contributed by atoms with van der Waals surface area (Å²) in [4.78, 5) is 0.400. The van der Waals surface area contributed by atoms with Crippen molar-refractivity contribution < 1.29 is 13.2 Å². The van der Waals surface area contributed by atoms with E-state index in [1.54, 1.807) is 12.1 Å². The minimum absolute atomic E-state index is 0.00116. The van der Waals surface area contributed by atoms with Crippen LogP contribution in [0.4, 0.5) is 0 Å². The SMILES string of the molecule is Cc1ccc(S(=O)(=O)C[C@@H]2CCOc3ccccc32)cc1. The van der Waals surface area contributed by atoms with E-state index in [1.807, 2.05) is 43.3 Å². The van der Waals surface area contributed by atoms with Crippen molar-refractivity contribution >= 4 is 9.84 Å². The van der Waals surface area contributed by atoms with Gasteiger partial charge < -0.3 is 4.74 Å². The molecule has 4 heteroatoms. The van der Waals surface area contributed by atoms with E-state index in [0.717, 1.165) is 23.3 Å². The van der Waals surface area contributed by atoms with Crippen LogP contribution >= 0.6 is 0 Å². The van der Waals surface area contributed by atoms with Gasteiger partial charge in [-0.05, 0) is 37.1 Å². The summed E-state index contributed by atoms with van der Waals surface area (Å²) in [7, 11) is -3.27. The van der Waals surface area contributed by atoms with Gasteiger partial charge in [-0.2, -0.15) is 0 Å². The molecule has 0 spiro atoms. The highest BCUT2D eigenvalue weighted by Gasteiger charge is 2.27. The van der Waals surface area contributed by atoms with Crippen LogP contribution in [0.5, 0.6) is 5.75 Å². The van der Waals surface area contributed by atoms with Gasteiger partial charge in [0, 0.05) is 5.92 Å². The zero-order chi connectivity index (χ0) is 14.9. The Morgan fingerprint density at radius 3 is 2.57 bits per heavy atom. The van der Waals surface area contributed by atoms with E-state index in [1.165, 1.54) is 0 Å². The van der Waals surface area contributed by atoms with Crippen LogP contribution in [0.1, 0.15) is 23.5 Å². The lowest BCUT2D eigenvalue weighted by molar-refractivity contribution is 0.272. The van der Waals surface area contributed by atoms with E-state index in [4.69, 9.17) is 4.74 Å². The summed E-state index contributed by atoms with van der Waals surface area (Å²) < 4.78 is 30.8. The van der Waals surface area contributed by atoms with Crippen molar-refractivity contribution in [1.82, 2.24) is 0 Å². The van der Waals surface area contributed by atoms with Crippen molar-refractivity contribution in [3.05, 3.63) is 59.7 Å². The normalized spacial score (nSPS) is 17.9. The quantitative estimate of drug-likeness (QED) is 0.873. The van der Waals surface area contributed by atoms with Crippen molar-refractivity contribution in [3.8, 4) is 5.75 Å². The molecule has 0 saturated carbocycles. The van der Waals surface area contributed by atoms with Gasteiger partial charge in [-0.15, -0.1) is 0 Å². The molecule has 0 fully saturated rings.